The lowest BCUT2D eigenvalue weighted by atomic mass is 9.94. The Morgan fingerprint density at radius 2 is 0.672 bits per heavy atom. The second kappa shape index (κ2) is 15.3. The van der Waals surface area contributed by atoms with Crippen molar-refractivity contribution in [2.24, 2.45) is 0 Å². The van der Waals surface area contributed by atoms with Crippen LogP contribution in [0.4, 0.5) is 0 Å². The molecule has 0 bridgehead atoms. The predicted octanol–water partition coefficient (Wildman–Crippen LogP) is 12.5. The second-order valence-corrected chi connectivity index (χ2v) is 14.0. The van der Waals surface area contributed by atoms with Crippen molar-refractivity contribution in [1.29, 1.82) is 0 Å². The third kappa shape index (κ3) is 7.02. The van der Waals surface area contributed by atoms with Crippen molar-refractivity contribution in [3.05, 3.63) is 207 Å². The topological polar surface area (TPSA) is 77.3 Å². The van der Waals surface area contributed by atoms with Crippen molar-refractivity contribution in [2.75, 3.05) is 0 Å². The first-order chi connectivity index (χ1) is 28.7. The highest BCUT2D eigenvalue weighted by Crippen LogP contribution is 2.35. The van der Waals surface area contributed by atoms with E-state index in [1.165, 1.54) is 16.3 Å². The Balaban J connectivity index is 0.947. The van der Waals surface area contributed by atoms with Gasteiger partial charge >= 0.3 is 0 Å². The number of nitrogens with zero attached hydrogens (tertiary/aromatic N) is 6. The molecule has 10 aromatic rings. The summed E-state index contributed by atoms with van der Waals surface area (Å²) in [7, 11) is 0. The number of rotatable bonds is 8. The summed E-state index contributed by atoms with van der Waals surface area (Å²) in [5, 5.41) is 2.38. The standard InChI is InChI=1S/C52H34N6/c1-3-8-41(9-4-1)51-55-47(33-49(57-51)39-24-28-53-29-25-39)37-18-14-35(15-19-37)43-22-23-46-44(32-43)12-7-13-45(46)36-16-20-38(21-17-36)48-34-50(40-26-30-54-31-27-40)58-52(56-48)42-10-5-2-6-11-42/h1-34H. The molecule has 0 aliphatic rings. The highest BCUT2D eigenvalue weighted by molar-refractivity contribution is 5.99. The molecular formula is C52H34N6. The van der Waals surface area contributed by atoms with Crippen LogP contribution in [0.25, 0.3) is 101 Å². The normalized spacial score (nSPS) is 11.1. The molecule has 0 fully saturated rings. The molecule has 0 saturated heterocycles. The monoisotopic (exact) mass is 742 g/mol. The van der Waals surface area contributed by atoms with Gasteiger partial charge in [-0.25, -0.2) is 19.9 Å². The molecule has 0 N–H and O–H groups in total. The molecule has 0 atom stereocenters. The van der Waals surface area contributed by atoms with E-state index in [9.17, 15) is 0 Å². The number of pyridine rings is 2. The van der Waals surface area contributed by atoms with Gasteiger partial charge in [-0.15, -0.1) is 0 Å². The van der Waals surface area contributed by atoms with Crippen LogP contribution in [0.5, 0.6) is 0 Å². The fourth-order valence-electron chi connectivity index (χ4n) is 7.33. The number of aromatic nitrogens is 6. The van der Waals surface area contributed by atoms with E-state index < -0.39 is 0 Å². The zero-order chi connectivity index (χ0) is 38.7. The molecule has 58 heavy (non-hydrogen) atoms. The maximum absolute atomic E-state index is 5.01. The number of fused-ring (bicyclic) bond motifs is 1. The summed E-state index contributed by atoms with van der Waals surface area (Å²) >= 11 is 0. The van der Waals surface area contributed by atoms with Gasteiger partial charge in [0.2, 0.25) is 0 Å². The van der Waals surface area contributed by atoms with Crippen LogP contribution >= 0.6 is 0 Å². The third-order valence-corrected chi connectivity index (χ3v) is 10.4. The van der Waals surface area contributed by atoms with Crippen LogP contribution in [0.1, 0.15) is 0 Å². The van der Waals surface area contributed by atoms with Gasteiger partial charge in [0.05, 0.1) is 22.8 Å². The predicted molar refractivity (Wildman–Crippen MR) is 234 cm³/mol. The van der Waals surface area contributed by atoms with Crippen LogP contribution in [0, 0.1) is 0 Å². The fraction of sp³-hybridized carbons (Fsp3) is 0. The first-order valence-corrected chi connectivity index (χ1v) is 19.2. The van der Waals surface area contributed by atoms with Crippen LogP contribution in [-0.2, 0) is 0 Å². The second-order valence-electron chi connectivity index (χ2n) is 14.0. The van der Waals surface area contributed by atoms with Gasteiger partial charge in [-0.05, 0) is 75.5 Å². The van der Waals surface area contributed by atoms with Crippen molar-refractivity contribution in [3.8, 4) is 90.1 Å². The van der Waals surface area contributed by atoms with E-state index in [4.69, 9.17) is 19.9 Å². The van der Waals surface area contributed by atoms with Crippen molar-refractivity contribution in [2.45, 2.75) is 0 Å². The van der Waals surface area contributed by atoms with Gasteiger partial charge in [0.1, 0.15) is 0 Å². The van der Waals surface area contributed by atoms with E-state index in [0.717, 1.165) is 72.8 Å². The Labute approximate surface area is 336 Å². The summed E-state index contributed by atoms with van der Waals surface area (Å²) in [4.78, 5) is 28.3. The van der Waals surface area contributed by atoms with E-state index in [1.807, 2.05) is 84.9 Å². The molecule has 0 unspecified atom stereocenters. The van der Waals surface area contributed by atoms with Gasteiger partial charge in [0.25, 0.3) is 0 Å². The molecule has 6 heteroatoms. The van der Waals surface area contributed by atoms with Crippen molar-refractivity contribution < 1.29 is 0 Å². The minimum Gasteiger partial charge on any atom is -0.265 e. The highest BCUT2D eigenvalue weighted by atomic mass is 14.9. The smallest absolute Gasteiger partial charge is 0.160 e. The van der Waals surface area contributed by atoms with Crippen molar-refractivity contribution >= 4 is 10.8 Å². The average Bonchev–Trinajstić information content (AvgIpc) is 3.32. The van der Waals surface area contributed by atoms with E-state index >= 15 is 0 Å². The molecule has 272 valence electrons. The van der Waals surface area contributed by atoms with E-state index in [1.54, 1.807) is 24.8 Å². The van der Waals surface area contributed by atoms with Gasteiger partial charge < -0.3 is 0 Å². The third-order valence-electron chi connectivity index (χ3n) is 10.4. The Bertz CT molecular complexity index is 2890. The maximum Gasteiger partial charge on any atom is 0.160 e. The Morgan fingerprint density at radius 3 is 1.16 bits per heavy atom. The lowest BCUT2D eigenvalue weighted by Crippen LogP contribution is -1.96. The quantitative estimate of drug-likeness (QED) is 0.154. The molecule has 6 aromatic carbocycles. The lowest BCUT2D eigenvalue weighted by Gasteiger charge is -2.12. The summed E-state index contributed by atoms with van der Waals surface area (Å²) in [5.41, 5.74) is 14.1. The fourth-order valence-corrected chi connectivity index (χ4v) is 7.33. The van der Waals surface area contributed by atoms with Crippen molar-refractivity contribution in [1.82, 2.24) is 29.9 Å². The molecule has 0 amide bonds. The molecule has 4 aromatic heterocycles. The van der Waals surface area contributed by atoms with Gasteiger partial charge in [-0.3, -0.25) is 9.97 Å². The summed E-state index contributed by atoms with van der Waals surface area (Å²) in [6.45, 7) is 0. The van der Waals surface area contributed by atoms with Crippen LogP contribution in [-0.4, -0.2) is 29.9 Å². The zero-order valence-corrected chi connectivity index (χ0v) is 31.3. The summed E-state index contributed by atoms with van der Waals surface area (Å²) < 4.78 is 0. The highest BCUT2D eigenvalue weighted by Gasteiger charge is 2.14. The lowest BCUT2D eigenvalue weighted by molar-refractivity contribution is 1.18. The van der Waals surface area contributed by atoms with Crippen LogP contribution in [0.2, 0.25) is 0 Å². The maximum atomic E-state index is 5.01. The van der Waals surface area contributed by atoms with Gasteiger partial charge in [-0.2, -0.15) is 0 Å². The van der Waals surface area contributed by atoms with Gasteiger partial charge in [0, 0.05) is 58.2 Å². The first kappa shape index (κ1) is 34.5. The Morgan fingerprint density at radius 1 is 0.259 bits per heavy atom. The molecule has 6 nitrogen and oxygen atoms in total. The minimum absolute atomic E-state index is 0.690. The largest absolute Gasteiger partial charge is 0.265 e. The molecule has 0 aliphatic heterocycles. The molecule has 0 radical (unpaired) electrons. The zero-order valence-electron chi connectivity index (χ0n) is 31.3. The summed E-state index contributed by atoms with van der Waals surface area (Å²) in [5.74, 6) is 1.38. The number of hydrogen-bond donors (Lipinski definition) is 0. The minimum atomic E-state index is 0.690. The Hall–Kier alpha value is -7.96. The van der Waals surface area contributed by atoms with E-state index in [2.05, 4.69) is 107 Å². The van der Waals surface area contributed by atoms with Gasteiger partial charge in [0.15, 0.2) is 11.6 Å². The van der Waals surface area contributed by atoms with Crippen molar-refractivity contribution in [3.63, 3.8) is 0 Å². The van der Waals surface area contributed by atoms with Crippen LogP contribution < -0.4 is 0 Å². The van der Waals surface area contributed by atoms with E-state index in [-0.39, 0.29) is 0 Å². The molecule has 10 rings (SSSR count). The molecule has 0 spiro atoms. The summed E-state index contributed by atoms with van der Waals surface area (Å²) in [6.07, 6.45) is 7.16. The first-order valence-electron chi connectivity index (χ1n) is 19.2. The molecule has 0 saturated carbocycles. The van der Waals surface area contributed by atoms with E-state index in [0.29, 0.717) is 11.6 Å². The molecular weight excluding hydrogens is 709 g/mol. The SMILES string of the molecule is c1ccc(-c2nc(-c3ccncc3)cc(-c3ccc(-c4ccc5c(-c6ccc(-c7cc(-c8ccncc8)nc(-c8ccccc8)n7)cc6)cccc5c4)cc3)n2)cc1. The van der Waals surface area contributed by atoms with Crippen LogP contribution in [0.3, 0.4) is 0 Å². The summed E-state index contributed by atoms with van der Waals surface area (Å²) in [6, 6.07) is 62.8. The average molecular weight is 743 g/mol. The van der Waals surface area contributed by atoms with Gasteiger partial charge in [-0.1, -0.05) is 140 Å². The van der Waals surface area contributed by atoms with Crippen LogP contribution in [0.15, 0.2) is 207 Å². The number of benzene rings is 6. The molecule has 0 aliphatic carbocycles. The number of hydrogen-bond acceptors (Lipinski definition) is 6. The Kier molecular flexibility index (Phi) is 9.10. The molecule has 4 heterocycles.